The van der Waals surface area contributed by atoms with E-state index in [0.29, 0.717) is 12.0 Å². The van der Waals surface area contributed by atoms with E-state index in [4.69, 9.17) is 0 Å². The van der Waals surface area contributed by atoms with E-state index in [1.54, 1.807) is 6.08 Å². The molecule has 0 aromatic heterocycles. The Hall–Kier alpha value is -0.980. The van der Waals surface area contributed by atoms with E-state index in [2.05, 4.69) is 12.6 Å². The van der Waals surface area contributed by atoms with Crippen LogP contribution in [0.2, 0.25) is 0 Å². The number of halogens is 1. The second-order valence-corrected chi connectivity index (χ2v) is 9.92. The fraction of sp³-hybridized carbons (Fsp3) is 0.714. The number of rotatable bonds is 1. The molecule has 9 atom stereocenters. The summed E-state index contributed by atoms with van der Waals surface area (Å²) in [7, 11) is 0. The Kier molecular flexibility index (Phi) is 4.13. The van der Waals surface area contributed by atoms with Gasteiger partial charge in [0.25, 0.3) is 0 Å². The van der Waals surface area contributed by atoms with Crippen molar-refractivity contribution in [3.05, 3.63) is 23.8 Å². The first-order chi connectivity index (χ1) is 12.5. The van der Waals surface area contributed by atoms with Gasteiger partial charge in [-0.25, -0.2) is 4.39 Å². The van der Waals surface area contributed by atoms with Crippen LogP contribution in [0.1, 0.15) is 40.0 Å². The van der Waals surface area contributed by atoms with Crippen molar-refractivity contribution in [2.24, 2.45) is 34.5 Å². The molecule has 0 aliphatic heterocycles. The number of hydrogen-bond donors (Lipinski definition) is 3. The summed E-state index contributed by atoms with van der Waals surface area (Å²) in [5.41, 5.74) is -2.76. The van der Waals surface area contributed by atoms with Crippen LogP contribution >= 0.6 is 12.6 Å². The Morgan fingerprint density at radius 2 is 2.00 bits per heavy atom. The fourth-order valence-electron chi connectivity index (χ4n) is 7.12. The van der Waals surface area contributed by atoms with Crippen LogP contribution in [0.15, 0.2) is 23.8 Å². The molecule has 3 fully saturated rings. The number of ketones is 1. The molecular formula is C21H27FO4S. The van der Waals surface area contributed by atoms with E-state index in [0.717, 1.165) is 0 Å². The second kappa shape index (κ2) is 5.77. The second-order valence-electron chi connectivity index (χ2n) is 9.51. The van der Waals surface area contributed by atoms with Gasteiger partial charge in [-0.3, -0.25) is 9.59 Å². The van der Waals surface area contributed by atoms with Gasteiger partial charge >= 0.3 is 0 Å². The van der Waals surface area contributed by atoms with Crippen molar-refractivity contribution in [3.63, 3.8) is 0 Å². The Bertz CT molecular complexity index is 778. The maximum Gasteiger partial charge on any atom is 0.218 e. The van der Waals surface area contributed by atoms with Crippen LogP contribution in [0, 0.1) is 34.5 Å². The predicted octanol–water partition coefficient (Wildman–Crippen LogP) is 2.65. The minimum atomic E-state index is -1.63. The normalized spacial score (nSPS) is 54.0. The molecular weight excluding hydrogens is 367 g/mol. The number of hydrogen-bond acceptors (Lipinski definition) is 4. The minimum absolute atomic E-state index is 0.0929. The van der Waals surface area contributed by atoms with Crippen LogP contribution in [0.4, 0.5) is 4.39 Å². The van der Waals surface area contributed by atoms with Gasteiger partial charge in [0.15, 0.2) is 5.78 Å². The topological polar surface area (TPSA) is 74.6 Å². The summed E-state index contributed by atoms with van der Waals surface area (Å²) < 4.78 is 15.2. The van der Waals surface area contributed by atoms with Gasteiger partial charge < -0.3 is 10.2 Å². The van der Waals surface area contributed by atoms with Crippen molar-refractivity contribution in [2.75, 3.05) is 0 Å². The first-order valence-corrected chi connectivity index (χ1v) is 10.1. The molecule has 0 aromatic carbocycles. The molecule has 0 radical (unpaired) electrons. The van der Waals surface area contributed by atoms with Crippen LogP contribution < -0.4 is 0 Å². The smallest absolute Gasteiger partial charge is 0.218 e. The summed E-state index contributed by atoms with van der Waals surface area (Å²) in [5, 5.41) is 21.9. The summed E-state index contributed by atoms with van der Waals surface area (Å²) in [4.78, 5) is 24.1. The molecule has 0 spiro atoms. The maximum absolute atomic E-state index is 15.2. The minimum Gasteiger partial charge on any atom is -0.393 e. The summed E-state index contributed by atoms with van der Waals surface area (Å²) >= 11 is 3.97. The SMILES string of the molecule is C[C@@H]1CC2C3C[C@H](F)C4=CC(=O)C=CC4(C)C3[C@@H](O)CC2(C)[C@@]1(O)C(=O)S. The van der Waals surface area contributed by atoms with Crippen molar-refractivity contribution >= 4 is 23.5 Å². The number of carbonyl (C=O) groups excluding carboxylic acids is 2. The molecule has 4 aliphatic carbocycles. The van der Waals surface area contributed by atoms with Crippen molar-refractivity contribution in [1.29, 1.82) is 0 Å². The average Bonchev–Trinajstić information content (AvgIpc) is 2.78. The van der Waals surface area contributed by atoms with Crippen LogP contribution in [0.25, 0.3) is 0 Å². The van der Waals surface area contributed by atoms with Gasteiger partial charge in [0, 0.05) is 16.7 Å². The third kappa shape index (κ3) is 2.24. The molecule has 27 heavy (non-hydrogen) atoms. The predicted molar refractivity (Wildman–Crippen MR) is 102 cm³/mol. The van der Waals surface area contributed by atoms with Gasteiger partial charge in [0.05, 0.1) is 6.10 Å². The zero-order valence-electron chi connectivity index (χ0n) is 15.9. The fourth-order valence-corrected chi connectivity index (χ4v) is 7.60. The number of carbonyl (C=O) groups is 2. The average molecular weight is 395 g/mol. The molecule has 0 amide bonds. The Labute approximate surface area is 164 Å². The van der Waals surface area contributed by atoms with E-state index >= 15 is 4.39 Å². The van der Waals surface area contributed by atoms with Gasteiger partial charge in [0.1, 0.15) is 11.8 Å². The van der Waals surface area contributed by atoms with Gasteiger partial charge in [0.2, 0.25) is 5.12 Å². The highest BCUT2D eigenvalue weighted by Gasteiger charge is 2.70. The van der Waals surface area contributed by atoms with Crippen LogP contribution in [-0.4, -0.2) is 39.0 Å². The highest BCUT2D eigenvalue weighted by Crippen LogP contribution is 2.68. The number of alkyl halides is 1. The first kappa shape index (κ1) is 19.3. The largest absolute Gasteiger partial charge is 0.393 e. The summed E-state index contributed by atoms with van der Waals surface area (Å²) in [6, 6.07) is 0. The highest BCUT2D eigenvalue weighted by atomic mass is 32.1. The monoisotopic (exact) mass is 394 g/mol. The van der Waals surface area contributed by atoms with Gasteiger partial charge in [-0.1, -0.05) is 26.8 Å². The molecule has 4 nitrogen and oxygen atoms in total. The lowest BCUT2D eigenvalue weighted by molar-refractivity contribution is -0.177. The van der Waals surface area contributed by atoms with Crippen molar-refractivity contribution in [2.45, 2.75) is 57.9 Å². The zero-order chi connectivity index (χ0) is 19.9. The maximum atomic E-state index is 15.2. The van der Waals surface area contributed by atoms with Crippen molar-refractivity contribution in [1.82, 2.24) is 0 Å². The molecule has 6 heteroatoms. The van der Waals surface area contributed by atoms with E-state index < -0.39 is 33.8 Å². The van der Waals surface area contributed by atoms with Gasteiger partial charge in [-0.15, -0.1) is 12.6 Å². The lowest BCUT2D eigenvalue weighted by atomic mass is 9.46. The van der Waals surface area contributed by atoms with E-state index in [9.17, 15) is 19.8 Å². The zero-order valence-corrected chi connectivity index (χ0v) is 16.7. The number of thiol groups is 1. The molecule has 148 valence electrons. The third-order valence-electron chi connectivity index (χ3n) is 8.38. The number of fused-ring (bicyclic) bond motifs is 5. The van der Waals surface area contributed by atoms with E-state index in [1.165, 1.54) is 12.2 Å². The Balaban J connectivity index is 1.82. The summed E-state index contributed by atoms with van der Waals surface area (Å²) in [6.45, 7) is 5.57. The number of aliphatic hydroxyl groups excluding tert-OH is 1. The quantitative estimate of drug-likeness (QED) is 0.598. The molecule has 2 N–H and O–H groups in total. The third-order valence-corrected chi connectivity index (χ3v) is 8.73. The van der Waals surface area contributed by atoms with Gasteiger partial charge in [-0.05, 0) is 54.7 Å². The number of aliphatic hydroxyl groups is 2. The molecule has 0 saturated heterocycles. The Morgan fingerprint density at radius 1 is 1.33 bits per heavy atom. The molecule has 5 unspecified atom stereocenters. The van der Waals surface area contributed by atoms with Crippen molar-refractivity contribution in [3.8, 4) is 0 Å². The van der Waals surface area contributed by atoms with Crippen molar-refractivity contribution < 1.29 is 24.2 Å². The lowest BCUT2D eigenvalue weighted by Gasteiger charge is -2.60. The van der Waals surface area contributed by atoms with E-state index in [-0.39, 0.29) is 42.3 Å². The molecule has 3 saturated carbocycles. The number of allylic oxidation sites excluding steroid dienone is 4. The lowest BCUT2D eigenvalue weighted by Crippen LogP contribution is -2.62. The highest BCUT2D eigenvalue weighted by molar-refractivity contribution is 7.96. The molecule has 0 aromatic rings. The first-order valence-electron chi connectivity index (χ1n) is 9.70. The molecule has 0 heterocycles. The molecule has 4 rings (SSSR count). The molecule has 0 bridgehead atoms. The summed E-state index contributed by atoms with van der Waals surface area (Å²) in [6.07, 6.45) is 3.57. The molecule has 4 aliphatic rings. The summed E-state index contributed by atoms with van der Waals surface area (Å²) in [5.74, 6) is -1.05. The van der Waals surface area contributed by atoms with Gasteiger partial charge in [-0.2, -0.15) is 0 Å². The van der Waals surface area contributed by atoms with Crippen LogP contribution in [0.5, 0.6) is 0 Å². The standard InChI is InChI=1S/C21H27FO4S/c1-10-6-13-12-8-15(22)14-7-11(23)4-5-19(14,2)17(12)16(24)9-20(13,3)21(10,26)18(25)27/h4-5,7,10,12-13,15-17,24,26H,6,8-9H2,1-3H3,(H,25,27)/t10-,12?,13?,15+,16+,17?,19?,20?,21+/m1/s1. The van der Waals surface area contributed by atoms with Crippen LogP contribution in [-0.2, 0) is 9.59 Å². The van der Waals surface area contributed by atoms with Crippen LogP contribution in [0.3, 0.4) is 0 Å². The van der Waals surface area contributed by atoms with E-state index in [1.807, 2.05) is 20.8 Å². The Morgan fingerprint density at radius 3 is 2.63 bits per heavy atom.